The molecule has 1 aromatic carbocycles. The van der Waals surface area contributed by atoms with Gasteiger partial charge in [-0.1, -0.05) is 12.2 Å². The van der Waals surface area contributed by atoms with Crippen molar-refractivity contribution in [3.05, 3.63) is 72.0 Å². The molecule has 1 aromatic heterocycles. The van der Waals surface area contributed by atoms with E-state index in [1.54, 1.807) is 12.3 Å². The number of nitrogens with one attached hydrogen (secondary N) is 2. The number of pyridine rings is 1. The highest BCUT2D eigenvalue weighted by Gasteiger charge is 2.39. The van der Waals surface area contributed by atoms with E-state index in [0.717, 1.165) is 48.1 Å². The van der Waals surface area contributed by atoms with Crippen LogP contribution in [0.4, 0.5) is 10.1 Å². The third kappa shape index (κ3) is 3.81. The van der Waals surface area contributed by atoms with Crippen molar-refractivity contribution in [2.75, 3.05) is 5.32 Å². The molecule has 2 aromatic rings. The Balaban J connectivity index is 1.41. The summed E-state index contributed by atoms with van der Waals surface area (Å²) in [6, 6.07) is 6.39. The van der Waals surface area contributed by atoms with E-state index >= 15 is 0 Å². The van der Waals surface area contributed by atoms with Gasteiger partial charge in [0, 0.05) is 29.4 Å². The third-order valence-corrected chi connectivity index (χ3v) is 6.16. The number of nitrogens with zero attached hydrogens (tertiary/aromatic N) is 2. The normalized spacial score (nSPS) is 27.5. The largest absolute Gasteiger partial charge is 0.492 e. The molecule has 160 valence electrons. The Morgan fingerprint density at radius 1 is 1.23 bits per heavy atom. The van der Waals surface area contributed by atoms with Crippen molar-refractivity contribution in [2.45, 2.75) is 50.4 Å². The summed E-state index contributed by atoms with van der Waals surface area (Å²) < 4.78 is 20.0. The van der Waals surface area contributed by atoms with Crippen molar-refractivity contribution in [3.8, 4) is 0 Å². The Morgan fingerprint density at radius 3 is 2.90 bits per heavy atom. The first-order valence-corrected chi connectivity index (χ1v) is 10.6. The fourth-order valence-corrected chi connectivity index (χ4v) is 4.33. The van der Waals surface area contributed by atoms with Crippen LogP contribution in [-0.4, -0.2) is 33.8 Å². The molecular formula is C24H25FN4O2. The molecule has 1 saturated carbocycles. The van der Waals surface area contributed by atoms with Gasteiger partial charge in [0.25, 0.3) is 0 Å². The smallest absolute Gasteiger partial charge is 0.201 e. The van der Waals surface area contributed by atoms with Crippen LogP contribution >= 0.6 is 0 Å². The summed E-state index contributed by atoms with van der Waals surface area (Å²) >= 11 is 0. The highest BCUT2D eigenvalue weighted by atomic mass is 19.1. The monoisotopic (exact) mass is 420 g/mol. The number of anilines is 1. The van der Waals surface area contributed by atoms with Crippen molar-refractivity contribution >= 4 is 22.5 Å². The summed E-state index contributed by atoms with van der Waals surface area (Å²) in [6.45, 7) is 2.04. The molecule has 7 heteroatoms. The molecule has 31 heavy (non-hydrogen) atoms. The van der Waals surface area contributed by atoms with Gasteiger partial charge in [-0.25, -0.2) is 9.38 Å². The predicted octanol–water partition coefficient (Wildman–Crippen LogP) is 4.16. The Bertz CT molecular complexity index is 1130. The van der Waals surface area contributed by atoms with Crippen LogP contribution in [0.5, 0.6) is 0 Å². The molecule has 5 rings (SSSR count). The lowest BCUT2D eigenvalue weighted by atomic mass is 9.85. The zero-order valence-electron chi connectivity index (χ0n) is 17.3. The molecule has 3 aliphatic rings. The Hall–Kier alpha value is -3.19. The van der Waals surface area contributed by atoms with Crippen LogP contribution in [0.25, 0.3) is 10.9 Å². The lowest BCUT2D eigenvalue weighted by Gasteiger charge is -2.38. The van der Waals surface area contributed by atoms with Gasteiger partial charge < -0.3 is 20.5 Å². The van der Waals surface area contributed by atoms with E-state index in [1.165, 1.54) is 12.1 Å². The number of hydrogen-bond donors (Lipinski definition) is 3. The lowest BCUT2D eigenvalue weighted by molar-refractivity contribution is 0.0220. The average molecular weight is 420 g/mol. The van der Waals surface area contributed by atoms with Crippen molar-refractivity contribution in [1.29, 1.82) is 0 Å². The zero-order valence-corrected chi connectivity index (χ0v) is 17.3. The number of rotatable bonds is 3. The molecule has 0 spiro atoms. The Morgan fingerprint density at radius 2 is 2.06 bits per heavy atom. The number of ether oxygens (including phenoxy) is 1. The van der Waals surface area contributed by atoms with E-state index < -0.39 is 5.54 Å². The highest BCUT2D eigenvalue weighted by molar-refractivity contribution is 6.03. The molecule has 6 nitrogen and oxygen atoms in total. The number of fused-ring (bicyclic) bond motifs is 2. The van der Waals surface area contributed by atoms with Gasteiger partial charge in [-0.3, -0.25) is 4.98 Å². The van der Waals surface area contributed by atoms with E-state index in [-0.39, 0.29) is 18.0 Å². The average Bonchev–Trinajstić information content (AvgIpc) is 2.75. The molecule has 3 N–H and O–H groups in total. The van der Waals surface area contributed by atoms with Crippen LogP contribution in [-0.2, 0) is 4.74 Å². The fraction of sp³-hybridized carbons (Fsp3) is 0.333. The summed E-state index contributed by atoms with van der Waals surface area (Å²) in [4.78, 5) is 9.20. The topological polar surface area (TPSA) is 78.8 Å². The van der Waals surface area contributed by atoms with Gasteiger partial charge in [0.1, 0.15) is 17.1 Å². The first-order valence-electron chi connectivity index (χ1n) is 10.6. The zero-order chi connectivity index (χ0) is 21.4. The van der Waals surface area contributed by atoms with Crippen molar-refractivity contribution < 1.29 is 14.2 Å². The minimum absolute atomic E-state index is 0.0831. The molecule has 2 heterocycles. The van der Waals surface area contributed by atoms with E-state index in [1.807, 2.05) is 37.4 Å². The SMILES string of the molecule is CC12N=C(Nc3ccnc4cc(F)ccc34)NC=C1C=CC=C2OC1CCC(O)CC1. The molecular weight excluding hydrogens is 395 g/mol. The van der Waals surface area contributed by atoms with Gasteiger partial charge >= 0.3 is 0 Å². The maximum Gasteiger partial charge on any atom is 0.201 e. The van der Waals surface area contributed by atoms with E-state index in [9.17, 15) is 9.50 Å². The number of aromatic nitrogens is 1. The lowest BCUT2D eigenvalue weighted by Crippen LogP contribution is -2.42. The van der Waals surface area contributed by atoms with Crippen LogP contribution in [0, 0.1) is 5.82 Å². The molecule has 1 aliphatic heterocycles. The van der Waals surface area contributed by atoms with Gasteiger partial charge in [0.15, 0.2) is 0 Å². The summed E-state index contributed by atoms with van der Waals surface area (Å²) in [6.07, 6.45) is 12.6. The third-order valence-electron chi connectivity index (χ3n) is 6.16. The van der Waals surface area contributed by atoms with E-state index in [4.69, 9.17) is 9.73 Å². The van der Waals surface area contributed by atoms with Crippen molar-refractivity contribution in [1.82, 2.24) is 10.3 Å². The number of aliphatic hydroxyl groups is 1. The quantitative estimate of drug-likeness (QED) is 0.695. The molecule has 1 unspecified atom stereocenters. The number of allylic oxidation sites excluding steroid dienone is 2. The summed E-state index contributed by atoms with van der Waals surface area (Å²) in [5.74, 6) is 1.05. The van der Waals surface area contributed by atoms with Crippen LogP contribution < -0.4 is 10.6 Å². The fourth-order valence-electron chi connectivity index (χ4n) is 4.33. The van der Waals surface area contributed by atoms with Gasteiger partial charge in [0.05, 0.1) is 23.4 Å². The van der Waals surface area contributed by atoms with Gasteiger partial charge in [-0.05, 0) is 56.9 Å². The van der Waals surface area contributed by atoms with Crippen LogP contribution in [0.3, 0.4) is 0 Å². The summed E-state index contributed by atoms with van der Waals surface area (Å²) in [7, 11) is 0. The second-order valence-corrected chi connectivity index (χ2v) is 8.36. The Labute approximate surface area is 180 Å². The van der Waals surface area contributed by atoms with Crippen LogP contribution in [0.2, 0.25) is 0 Å². The molecule has 1 fully saturated rings. The number of halogens is 1. The second kappa shape index (κ2) is 7.81. The minimum Gasteiger partial charge on any atom is -0.492 e. The molecule has 0 saturated heterocycles. The number of aliphatic hydroxyl groups excluding tert-OH is 1. The van der Waals surface area contributed by atoms with Crippen molar-refractivity contribution in [3.63, 3.8) is 0 Å². The van der Waals surface area contributed by atoms with Crippen LogP contribution in [0.15, 0.2) is 71.2 Å². The molecule has 0 bridgehead atoms. The maximum atomic E-state index is 13.6. The van der Waals surface area contributed by atoms with E-state index in [2.05, 4.69) is 15.6 Å². The van der Waals surface area contributed by atoms with Crippen molar-refractivity contribution in [2.24, 2.45) is 4.99 Å². The second-order valence-electron chi connectivity index (χ2n) is 8.36. The number of hydrogen-bond acceptors (Lipinski definition) is 6. The van der Waals surface area contributed by atoms with Gasteiger partial charge in [0.2, 0.25) is 5.96 Å². The van der Waals surface area contributed by atoms with E-state index in [0.29, 0.717) is 11.5 Å². The predicted molar refractivity (Wildman–Crippen MR) is 119 cm³/mol. The van der Waals surface area contributed by atoms with Gasteiger partial charge in [-0.15, -0.1) is 0 Å². The first kappa shape index (κ1) is 19.8. The number of benzene rings is 1. The Kier molecular flexibility index (Phi) is 4.98. The summed E-state index contributed by atoms with van der Waals surface area (Å²) in [5.41, 5.74) is 1.71. The van der Waals surface area contributed by atoms with Crippen LogP contribution in [0.1, 0.15) is 32.6 Å². The van der Waals surface area contributed by atoms with Gasteiger partial charge in [-0.2, -0.15) is 0 Å². The molecule has 0 radical (unpaired) electrons. The number of aliphatic imine (C=N–C) groups is 1. The standard InChI is InChI=1S/C24H25FN4O2/c1-24-15(3-2-4-22(24)31-18-8-6-17(30)7-9-18)14-27-23(29-24)28-20-11-12-26-21-13-16(25)5-10-19(20)21/h2-5,10-14,17-18,30H,6-9H2,1H3,(H2,26,27,28,29). The molecule has 2 aliphatic carbocycles. The summed E-state index contributed by atoms with van der Waals surface area (Å²) in [5, 5.41) is 17.1. The highest BCUT2D eigenvalue weighted by Crippen LogP contribution is 2.38. The first-order chi connectivity index (χ1) is 15.0. The molecule has 0 amide bonds. The molecule has 1 atom stereocenters. The number of guanidine groups is 1. The minimum atomic E-state index is -0.659. The maximum absolute atomic E-state index is 13.6.